The molecule has 2 amide bonds. The van der Waals surface area contributed by atoms with E-state index >= 15 is 0 Å². The topological polar surface area (TPSA) is 105 Å². The Bertz CT molecular complexity index is 806. The zero-order chi connectivity index (χ0) is 17.3. The summed E-state index contributed by atoms with van der Waals surface area (Å²) in [7, 11) is 0. The number of aryl methyl sites for hydroxylation is 1. The zero-order valence-electron chi connectivity index (χ0n) is 13.0. The quantitative estimate of drug-likeness (QED) is 0.595. The van der Waals surface area contributed by atoms with Gasteiger partial charge in [-0.15, -0.1) is 0 Å². The maximum absolute atomic E-state index is 12.3. The van der Waals surface area contributed by atoms with E-state index in [0.717, 1.165) is 11.1 Å². The van der Waals surface area contributed by atoms with Gasteiger partial charge < -0.3 is 15.7 Å². The van der Waals surface area contributed by atoms with Crippen LogP contribution in [0.5, 0.6) is 0 Å². The second kappa shape index (κ2) is 6.29. The fraction of sp³-hybridized carbons (Fsp3) is 0.235. The number of non-ortho nitro benzene ring substituents is 1. The highest BCUT2D eigenvalue weighted by Crippen LogP contribution is 2.31. The van der Waals surface area contributed by atoms with E-state index in [1.807, 2.05) is 24.3 Å². The summed E-state index contributed by atoms with van der Waals surface area (Å²) in [6.07, 6.45) is -0.212. The van der Waals surface area contributed by atoms with Crippen LogP contribution in [0.4, 0.5) is 16.2 Å². The van der Waals surface area contributed by atoms with Gasteiger partial charge in [0, 0.05) is 18.6 Å². The summed E-state index contributed by atoms with van der Waals surface area (Å²) < 4.78 is 0. The van der Waals surface area contributed by atoms with E-state index in [-0.39, 0.29) is 5.69 Å². The lowest BCUT2D eigenvalue weighted by atomic mass is 10.1. The first-order chi connectivity index (χ1) is 11.5. The van der Waals surface area contributed by atoms with Crippen molar-refractivity contribution in [3.8, 4) is 0 Å². The Balaban J connectivity index is 1.75. The lowest BCUT2D eigenvalue weighted by molar-refractivity contribution is -0.384. The fourth-order valence-corrected chi connectivity index (χ4v) is 2.91. The number of carbonyl (C=O) groups excluding carboxylic acids is 1. The summed E-state index contributed by atoms with van der Waals surface area (Å²) in [5.41, 5.74) is 2.87. The second-order valence-electron chi connectivity index (χ2n) is 5.80. The van der Waals surface area contributed by atoms with Crippen LogP contribution in [-0.2, 0) is 6.42 Å². The molecule has 0 saturated carbocycles. The number of aliphatic hydroxyl groups excluding tert-OH is 1. The number of urea groups is 1. The van der Waals surface area contributed by atoms with Crippen LogP contribution < -0.4 is 10.6 Å². The molecule has 24 heavy (non-hydrogen) atoms. The highest BCUT2D eigenvalue weighted by atomic mass is 16.6. The number of nitro benzene ring substituents is 1. The van der Waals surface area contributed by atoms with Crippen molar-refractivity contribution in [3.63, 3.8) is 0 Å². The van der Waals surface area contributed by atoms with Gasteiger partial charge in [-0.3, -0.25) is 10.1 Å². The SMILES string of the molecule is Cc1ccc([N+](=O)[O-])cc1NC(=O)N[C@@H]1c2ccccc2C[C@@H]1O. The number of benzene rings is 2. The first-order valence-electron chi connectivity index (χ1n) is 7.54. The lowest BCUT2D eigenvalue weighted by Gasteiger charge is -2.19. The second-order valence-corrected chi connectivity index (χ2v) is 5.80. The van der Waals surface area contributed by atoms with E-state index in [2.05, 4.69) is 10.6 Å². The molecule has 0 unspecified atom stereocenters. The first kappa shape index (κ1) is 15.9. The average molecular weight is 327 g/mol. The molecule has 124 valence electrons. The number of fused-ring (bicyclic) bond motifs is 1. The number of aliphatic hydroxyl groups is 1. The molecule has 2 aromatic carbocycles. The number of carbonyl (C=O) groups is 1. The summed E-state index contributed by atoms with van der Waals surface area (Å²) in [6.45, 7) is 1.75. The minimum Gasteiger partial charge on any atom is -0.390 e. The number of nitrogens with zero attached hydrogens (tertiary/aromatic N) is 1. The van der Waals surface area contributed by atoms with Gasteiger partial charge in [-0.2, -0.15) is 0 Å². The van der Waals surface area contributed by atoms with Crippen LogP contribution in [0.3, 0.4) is 0 Å². The van der Waals surface area contributed by atoms with Crippen molar-refractivity contribution in [2.75, 3.05) is 5.32 Å². The molecule has 1 aliphatic rings. The van der Waals surface area contributed by atoms with Gasteiger partial charge in [0.1, 0.15) is 0 Å². The van der Waals surface area contributed by atoms with Crippen LogP contribution in [0.1, 0.15) is 22.7 Å². The predicted octanol–water partition coefficient (Wildman–Crippen LogP) is 2.68. The normalized spacial score (nSPS) is 18.8. The minimum atomic E-state index is -0.695. The number of hydrogen-bond donors (Lipinski definition) is 3. The summed E-state index contributed by atoms with van der Waals surface area (Å²) >= 11 is 0. The summed E-state index contributed by atoms with van der Waals surface area (Å²) in [6, 6.07) is 10.8. The highest BCUT2D eigenvalue weighted by molar-refractivity contribution is 5.91. The molecule has 3 rings (SSSR count). The third-order valence-corrected chi connectivity index (χ3v) is 4.17. The maximum atomic E-state index is 12.3. The van der Waals surface area contributed by atoms with E-state index in [1.165, 1.54) is 12.1 Å². The number of rotatable bonds is 3. The van der Waals surface area contributed by atoms with Crippen LogP contribution in [0.2, 0.25) is 0 Å². The molecule has 0 bridgehead atoms. The molecular weight excluding hydrogens is 310 g/mol. The highest BCUT2D eigenvalue weighted by Gasteiger charge is 2.31. The Morgan fingerprint density at radius 2 is 2.04 bits per heavy atom. The molecule has 0 heterocycles. The Labute approximate surface area is 138 Å². The van der Waals surface area contributed by atoms with Crippen molar-refractivity contribution in [1.82, 2.24) is 5.32 Å². The van der Waals surface area contributed by atoms with Crippen molar-refractivity contribution in [1.29, 1.82) is 0 Å². The van der Waals surface area contributed by atoms with Crippen LogP contribution in [0.25, 0.3) is 0 Å². The molecule has 2 atom stereocenters. The van der Waals surface area contributed by atoms with Gasteiger partial charge in [0.15, 0.2) is 0 Å². The number of anilines is 1. The molecule has 0 aliphatic heterocycles. The monoisotopic (exact) mass is 327 g/mol. The molecule has 0 spiro atoms. The molecule has 3 N–H and O–H groups in total. The smallest absolute Gasteiger partial charge is 0.319 e. The number of nitrogens with one attached hydrogen (secondary N) is 2. The van der Waals surface area contributed by atoms with Gasteiger partial charge in [0.25, 0.3) is 5.69 Å². The first-order valence-corrected chi connectivity index (χ1v) is 7.54. The molecule has 7 heteroatoms. The van der Waals surface area contributed by atoms with Crippen LogP contribution in [0.15, 0.2) is 42.5 Å². The molecule has 0 saturated heterocycles. The largest absolute Gasteiger partial charge is 0.390 e. The van der Waals surface area contributed by atoms with Crippen molar-refractivity contribution in [2.45, 2.75) is 25.5 Å². The lowest BCUT2D eigenvalue weighted by Crippen LogP contribution is -2.36. The van der Waals surface area contributed by atoms with Gasteiger partial charge in [0.05, 0.1) is 22.8 Å². The van der Waals surface area contributed by atoms with Gasteiger partial charge in [-0.25, -0.2) is 4.79 Å². The Morgan fingerprint density at radius 3 is 2.79 bits per heavy atom. The third kappa shape index (κ3) is 3.07. The van der Waals surface area contributed by atoms with Crippen molar-refractivity contribution in [2.24, 2.45) is 0 Å². The summed E-state index contributed by atoms with van der Waals surface area (Å²) in [5.74, 6) is 0. The molecule has 0 aromatic heterocycles. The van der Waals surface area contributed by atoms with E-state index in [9.17, 15) is 20.0 Å². The van der Waals surface area contributed by atoms with Crippen molar-refractivity contribution in [3.05, 3.63) is 69.3 Å². The average Bonchev–Trinajstić information content (AvgIpc) is 2.85. The molecule has 0 fully saturated rings. The summed E-state index contributed by atoms with van der Waals surface area (Å²) in [4.78, 5) is 22.6. The van der Waals surface area contributed by atoms with Gasteiger partial charge in [0.2, 0.25) is 0 Å². The Kier molecular flexibility index (Phi) is 4.18. The molecule has 1 aliphatic carbocycles. The van der Waals surface area contributed by atoms with E-state index < -0.39 is 23.1 Å². The van der Waals surface area contributed by atoms with Crippen LogP contribution in [-0.4, -0.2) is 22.2 Å². The van der Waals surface area contributed by atoms with Crippen LogP contribution >= 0.6 is 0 Å². The van der Waals surface area contributed by atoms with Crippen molar-refractivity contribution >= 4 is 17.4 Å². The van der Waals surface area contributed by atoms with E-state index in [4.69, 9.17) is 0 Å². The molecular formula is C17H17N3O4. The van der Waals surface area contributed by atoms with Gasteiger partial charge in [-0.1, -0.05) is 30.3 Å². The van der Waals surface area contributed by atoms with Gasteiger partial charge >= 0.3 is 6.03 Å². The predicted molar refractivity (Wildman–Crippen MR) is 88.9 cm³/mol. The molecule has 7 nitrogen and oxygen atoms in total. The van der Waals surface area contributed by atoms with E-state index in [1.54, 1.807) is 13.0 Å². The molecule has 2 aromatic rings. The molecule has 0 radical (unpaired) electrons. The zero-order valence-corrected chi connectivity index (χ0v) is 13.0. The standard InChI is InChI=1S/C17H17N3O4/c1-10-6-7-12(20(23)24)9-14(10)18-17(22)19-16-13-5-3-2-4-11(13)8-15(16)21/h2-7,9,15-16,21H,8H2,1H3,(H2,18,19,22)/t15-,16+/m0/s1. The fourth-order valence-electron chi connectivity index (χ4n) is 2.91. The van der Waals surface area contributed by atoms with Gasteiger partial charge in [-0.05, 0) is 23.6 Å². The number of hydrogen-bond acceptors (Lipinski definition) is 4. The Morgan fingerprint density at radius 1 is 1.29 bits per heavy atom. The summed E-state index contributed by atoms with van der Waals surface area (Å²) in [5, 5.41) is 26.4. The van der Waals surface area contributed by atoms with E-state index in [0.29, 0.717) is 17.7 Å². The Hall–Kier alpha value is -2.93. The number of nitro groups is 1. The third-order valence-electron chi connectivity index (χ3n) is 4.17. The number of amides is 2. The maximum Gasteiger partial charge on any atom is 0.319 e. The minimum absolute atomic E-state index is 0.0952. The van der Waals surface area contributed by atoms with Crippen LogP contribution in [0, 0.1) is 17.0 Å². The van der Waals surface area contributed by atoms with Crippen molar-refractivity contribution < 1.29 is 14.8 Å².